The van der Waals surface area contributed by atoms with Crippen molar-refractivity contribution in [2.24, 2.45) is 0 Å². The van der Waals surface area contributed by atoms with Gasteiger partial charge in [-0.3, -0.25) is 0 Å². The molecule has 3 aromatic heterocycles. The summed E-state index contributed by atoms with van der Waals surface area (Å²) in [4.78, 5) is 6.56. The van der Waals surface area contributed by atoms with Crippen molar-refractivity contribution in [3.8, 4) is 22.0 Å². The molecule has 0 amide bonds. The fourth-order valence-electron chi connectivity index (χ4n) is 3.00. The largest absolute Gasteiger partial charge is 0.455 e. The quantitative estimate of drug-likeness (QED) is 0.425. The summed E-state index contributed by atoms with van der Waals surface area (Å²) in [7, 11) is 0. The van der Waals surface area contributed by atoms with E-state index in [1.54, 1.807) is 11.3 Å². The van der Waals surface area contributed by atoms with Crippen LogP contribution in [0.1, 0.15) is 11.1 Å². The van der Waals surface area contributed by atoms with Gasteiger partial charge >= 0.3 is 0 Å². The lowest BCUT2D eigenvalue weighted by atomic mass is 10.1. The number of nitrogens with zero attached hydrogens (tertiary/aromatic N) is 3. The van der Waals surface area contributed by atoms with Crippen molar-refractivity contribution in [2.75, 3.05) is 0 Å². The smallest absolute Gasteiger partial charge is 0.213 e. The molecule has 0 bridgehead atoms. The summed E-state index contributed by atoms with van der Waals surface area (Å²) in [5.41, 5.74) is 4.37. The Labute approximate surface area is 148 Å². The number of benzene rings is 2. The van der Waals surface area contributed by atoms with Gasteiger partial charge in [-0.15, -0.1) is 5.10 Å². The van der Waals surface area contributed by atoms with Crippen LogP contribution in [-0.2, 0) is 0 Å². The van der Waals surface area contributed by atoms with Crippen molar-refractivity contribution in [3.63, 3.8) is 0 Å². The van der Waals surface area contributed by atoms with Crippen molar-refractivity contribution in [1.29, 1.82) is 0 Å². The summed E-state index contributed by atoms with van der Waals surface area (Å²) in [6, 6.07) is 16.5. The summed E-state index contributed by atoms with van der Waals surface area (Å²) in [6.07, 6.45) is 1.98. The molecule has 0 spiro atoms. The minimum atomic E-state index is 0.752. The molecule has 0 fully saturated rings. The second kappa shape index (κ2) is 5.29. The van der Waals surface area contributed by atoms with Gasteiger partial charge in [-0.05, 0) is 38.1 Å². The molecule has 4 nitrogen and oxygen atoms in total. The van der Waals surface area contributed by atoms with Crippen molar-refractivity contribution < 1.29 is 4.42 Å². The fourth-order valence-corrected chi connectivity index (χ4v) is 3.87. The van der Waals surface area contributed by atoms with Crippen molar-refractivity contribution >= 4 is 27.3 Å². The number of aromatic nitrogens is 3. The third-order valence-electron chi connectivity index (χ3n) is 4.23. The minimum Gasteiger partial charge on any atom is -0.455 e. The molecular formula is C20H15N3OS. The zero-order chi connectivity index (χ0) is 17.0. The van der Waals surface area contributed by atoms with E-state index in [2.05, 4.69) is 54.3 Å². The van der Waals surface area contributed by atoms with Crippen LogP contribution in [0.4, 0.5) is 0 Å². The van der Waals surface area contributed by atoms with Crippen LogP contribution in [0, 0.1) is 13.8 Å². The molecule has 0 saturated carbocycles. The second-order valence-corrected chi connectivity index (χ2v) is 7.29. The monoisotopic (exact) mass is 345 g/mol. The lowest BCUT2D eigenvalue weighted by Crippen LogP contribution is -1.84. The fraction of sp³-hybridized carbons (Fsp3) is 0.100. The maximum absolute atomic E-state index is 5.98. The van der Waals surface area contributed by atoms with E-state index >= 15 is 0 Å². The molecule has 0 radical (unpaired) electrons. The van der Waals surface area contributed by atoms with E-state index in [0.717, 1.165) is 38.0 Å². The average Bonchev–Trinajstić information content (AvgIpc) is 3.26. The van der Waals surface area contributed by atoms with Gasteiger partial charge < -0.3 is 4.42 Å². The molecule has 0 aliphatic rings. The summed E-state index contributed by atoms with van der Waals surface area (Å²) in [5.74, 6) is 1.61. The van der Waals surface area contributed by atoms with Crippen LogP contribution < -0.4 is 0 Å². The minimum absolute atomic E-state index is 0.752. The molecular weight excluding hydrogens is 330 g/mol. The third kappa shape index (κ3) is 2.44. The topological polar surface area (TPSA) is 43.3 Å². The first-order chi connectivity index (χ1) is 12.2. The van der Waals surface area contributed by atoms with Gasteiger partial charge in [0.25, 0.3) is 0 Å². The molecule has 2 aromatic carbocycles. The van der Waals surface area contributed by atoms with Gasteiger partial charge in [-0.25, -0.2) is 4.52 Å². The molecule has 25 heavy (non-hydrogen) atoms. The van der Waals surface area contributed by atoms with Gasteiger partial charge in [-0.2, -0.15) is 4.98 Å². The van der Waals surface area contributed by atoms with Crippen molar-refractivity contribution in [2.45, 2.75) is 13.8 Å². The zero-order valence-electron chi connectivity index (χ0n) is 13.9. The first-order valence-corrected chi connectivity index (χ1v) is 8.91. The van der Waals surface area contributed by atoms with E-state index < -0.39 is 0 Å². The van der Waals surface area contributed by atoms with Crippen LogP contribution in [-0.4, -0.2) is 14.6 Å². The third-order valence-corrected chi connectivity index (χ3v) is 5.22. The number of hydrogen-bond acceptors (Lipinski definition) is 4. The van der Waals surface area contributed by atoms with Gasteiger partial charge in [0.2, 0.25) is 4.96 Å². The van der Waals surface area contributed by atoms with Crippen LogP contribution in [0.25, 0.3) is 38.0 Å². The molecule has 0 atom stereocenters. The molecule has 5 rings (SSSR count). The SMILES string of the molecule is Cc1cccc(-c2nc3sc(-c4cc5cc(C)ccc5o4)cn3n2)c1. The van der Waals surface area contributed by atoms with Crippen LogP contribution >= 0.6 is 11.3 Å². The van der Waals surface area contributed by atoms with Gasteiger partial charge in [0, 0.05) is 10.9 Å². The number of aryl methyl sites for hydroxylation is 2. The molecule has 122 valence electrons. The van der Waals surface area contributed by atoms with Crippen LogP contribution in [0.15, 0.2) is 59.1 Å². The predicted octanol–water partition coefficient (Wildman–Crippen LogP) is 5.49. The summed E-state index contributed by atoms with van der Waals surface area (Å²) in [6.45, 7) is 4.16. The van der Waals surface area contributed by atoms with Crippen LogP contribution in [0.3, 0.4) is 0 Å². The number of thiazole rings is 1. The molecule has 5 heteroatoms. The number of furan rings is 1. The first-order valence-electron chi connectivity index (χ1n) is 8.09. The summed E-state index contributed by atoms with van der Waals surface area (Å²) in [5, 5.41) is 5.73. The Morgan fingerprint density at radius 3 is 2.72 bits per heavy atom. The lowest BCUT2D eigenvalue weighted by Gasteiger charge is -1.96. The molecule has 5 aromatic rings. The number of rotatable bonds is 2. The highest BCUT2D eigenvalue weighted by atomic mass is 32.1. The first kappa shape index (κ1) is 14.4. The normalized spacial score (nSPS) is 11.6. The molecule has 0 N–H and O–H groups in total. The average molecular weight is 345 g/mol. The Morgan fingerprint density at radius 1 is 1.00 bits per heavy atom. The Kier molecular flexibility index (Phi) is 3.05. The van der Waals surface area contributed by atoms with Gasteiger partial charge in [-0.1, -0.05) is 46.7 Å². The van der Waals surface area contributed by atoms with Gasteiger partial charge in [0.05, 0.1) is 11.1 Å². The van der Waals surface area contributed by atoms with E-state index in [-0.39, 0.29) is 0 Å². The maximum Gasteiger partial charge on any atom is 0.213 e. The highest BCUT2D eigenvalue weighted by Crippen LogP contribution is 2.33. The lowest BCUT2D eigenvalue weighted by molar-refractivity contribution is 0.632. The van der Waals surface area contributed by atoms with Crippen molar-refractivity contribution in [1.82, 2.24) is 14.6 Å². The summed E-state index contributed by atoms with van der Waals surface area (Å²) >= 11 is 1.59. The van der Waals surface area contributed by atoms with Crippen molar-refractivity contribution in [3.05, 3.63) is 65.9 Å². The van der Waals surface area contributed by atoms with Crippen LogP contribution in [0.5, 0.6) is 0 Å². The standard InChI is InChI=1S/C20H15N3OS/c1-12-4-3-5-14(8-12)19-21-20-23(22-19)11-18(25-20)17-10-15-9-13(2)6-7-16(15)24-17/h3-11H,1-2H3. The predicted molar refractivity (Wildman–Crippen MR) is 101 cm³/mol. The Morgan fingerprint density at radius 2 is 1.88 bits per heavy atom. The van der Waals surface area contributed by atoms with E-state index in [1.807, 2.05) is 28.9 Å². The molecule has 0 saturated heterocycles. The zero-order valence-corrected chi connectivity index (χ0v) is 14.7. The van der Waals surface area contributed by atoms with E-state index in [9.17, 15) is 0 Å². The van der Waals surface area contributed by atoms with Gasteiger partial charge in [0.15, 0.2) is 5.82 Å². The Balaban J connectivity index is 1.57. The van der Waals surface area contributed by atoms with E-state index in [4.69, 9.17) is 4.42 Å². The number of fused-ring (bicyclic) bond motifs is 2. The summed E-state index contributed by atoms with van der Waals surface area (Å²) < 4.78 is 7.81. The molecule has 0 aliphatic heterocycles. The highest BCUT2D eigenvalue weighted by Gasteiger charge is 2.14. The molecule has 3 heterocycles. The van der Waals surface area contributed by atoms with Crippen LogP contribution in [0.2, 0.25) is 0 Å². The number of hydrogen-bond donors (Lipinski definition) is 0. The Hall–Kier alpha value is -2.92. The van der Waals surface area contributed by atoms with Gasteiger partial charge in [0.1, 0.15) is 11.3 Å². The maximum atomic E-state index is 5.98. The molecule has 0 aliphatic carbocycles. The Bertz CT molecular complexity index is 1200. The second-order valence-electron chi connectivity index (χ2n) is 6.28. The van der Waals surface area contributed by atoms with E-state index in [0.29, 0.717) is 0 Å². The molecule has 0 unspecified atom stereocenters. The highest BCUT2D eigenvalue weighted by molar-refractivity contribution is 7.20. The van der Waals surface area contributed by atoms with E-state index in [1.165, 1.54) is 11.1 Å².